The molecule has 0 aliphatic rings. The van der Waals surface area contributed by atoms with Gasteiger partial charge in [0.05, 0.1) is 9.85 Å². The molecule has 2 aromatic rings. The quantitative estimate of drug-likeness (QED) is 0.481. The lowest BCUT2D eigenvalue weighted by Gasteiger charge is -2.04. The smallest absolute Gasteiger partial charge is 0.290 e. The highest BCUT2D eigenvalue weighted by Gasteiger charge is 2.30. The van der Waals surface area contributed by atoms with Gasteiger partial charge in [0.25, 0.3) is 11.4 Å². The minimum absolute atomic E-state index is 0.0647. The molecule has 8 nitrogen and oxygen atoms in total. The monoisotopic (exact) mass is 276 g/mol. The van der Waals surface area contributed by atoms with Gasteiger partial charge in [-0.3, -0.25) is 25.0 Å². The van der Waals surface area contributed by atoms with Crippen LogP contribution in [0.2, 0.25) is 0 Å². The van der Waals surface area contributed by atoms with E-state index in [4.69, 9.17) is 4.42 Å². The van der Waals surface area contributed by atoms with Crippen LogP contribution >= 0.6 is 0 Å². The van der Waals surface area contributed by atoms with Crippen LogP contribution in [0.1, 0.15) is 16.1 Å². The molecule has 102 valence electrons. The van der Waals surface area contributed by atoms with Gasteiger partial charge in [-0.05, 0) is 25.1 Å². The summed E-state index contributed by atoms with van der Waals surface area (Å²) >= 11 is 0. The molecule has 0 saturated heterocycles. The fourth-order valence-corrected chi connectivity index (χ4v) is 1.87. The van der Waals surface area contributed by atoms with Crippen LogP contribution in [-0.4, -0.2) is 16.1 Å². The van der Waals surface area contributed by atoms with Crippen LogP contribution in [0, 0.1) is 27.2 Å². The topological polar surface area (TPSA) is 116 Å². The number of aryl methyl sites for hydroxylation is 1. The number of nitro groups is 2. The van der Waals surface area contributed by atoms with E-state index in [-0.39, 0.29) is 22.6 Å². The van der Waals surface area contributed by atoms with E-state index in [9.17, 15) is 25.0 Å². The Bertz CT molecular complexity index is 719. The zero-order valence-corrected chi connectivity index (χ0v) is 10.2. The van der Waals surface area contributed by atoms with Crippen LogP contribution in [0.25, 0.3) is 11.3 Å². The minimum atomic E-state index is -0.731. The first-order chi connectivity index (χ1) is 9.45. The molecule has 1 aromatic carbocycles. The molecule has 0 fully saturated rings. The minimum Gasteiger partial charge on any atom is -0.453 e. The molecule has 0 spiro atoms. The molecule has 0 amide bonds. The summed E-state index contributed by atoms with van der Waals surface area (Å²) in [5, 5.41) is 22.2. The van der Waals surface area contributed by atoms with Crippen molar-refractivity contribution >= 4 is 17.7 Å². The third-order valence-corrected chi connectivity index (χ3v) is 2.73. The van der Waals surface area contributed by atoms with Gasteiger partial charge in [0.1, 0.15) is 5.76 Å². The van der Waals surface area contributed by atoms with Crippen molar-refractivity contribution in [3.63, 3.8) is 0 Å². The molecule has 0 saturated carbocycles. The van der Waals surface area contributed by atoms with E-state index in [1.165, 1.54) is 31.2 Å². The van der Waals surface area contributed by atoms with Crippen LogP contribution in [0.15, 0.2) is 28.7 Å². The summed E-state index contributed by atoms with van der Waals surface area (Å²) in [7, 11) is 0. The van der Waals surface area contributed by atoms with E-state index in [1.54, 1.807) is 0 Å². The van der Waals surface area contributed by atoms with Gasteiger partial charge in [-0.2, -0.15) is 0 Å². The maximum atomic E-state index is 11.1. The first kappa shape index (κ1) is 13.4. The van der Waals surface area contributed by atoms with Crippen molar-refractivity contribution in [3.8, 4) is 11.3 Å². The van der Waals surface area contributed by atoms with Gasteiger partial charge in [-0.25, -0.2) is 0 Å². The molecule has 0 unspecified atom stereocenters. The average Bonchev–Trinajstić information content (AvgIpc) is 2.85. The highest BCUT2D eigenvalue weighted by Crippen LogP contribution is 2.40. The van der Waals surface area contributed by atoms with E-state index < -0.39 is 21.2 Å². The van der Waals surface area contributed by atoms with E-state index in [2.05, 4.69) is 0 Å². The molecular weight excluding hydrogens is 268 g/mol. The predicted molar refractivity (Wildman–Crippen MR) is 67.6 cm³/mol. The highest BCUT2D eigenvalue weighted by atomic mass is 16.6. The standard InChI is InChI=1S/C12H8N2O6/c1-7-2-4-9(13(16)17)11(12(7)14(18)19)10-5-3-8(6-15)20-10/h2-6H,1H3. The number of hydrogen-bond donors (Lipinski definition) is 0. The van der Waals surface area contributed by atoms with Gasteiger partial charge in [-0.15, -0.1) is 0 Å². The van der Waals surface area contributed by atoms with Crippen molar-refractivity contribution in [1.29, 1.82) is 0 Å². The molecule has 0 aliphatic carbocycles. The van der Waals surface area contributed by atoms with Gasteiger partial charge in [0.2, 0.25) is 0 Å². The second-order valence-corrected chi connectivity index (χ2v) is 3.96. The third kappa shape index (κ3) is 2.14. The van der Waals surface area contributed by atoms with Crippen LogP contribution in [0.5, 0.6) is 0 Å². The summed E-state index contributed by atoms with van der Waals surface area (Å²) in [5.41, 5.74) is -0.840. The molecule has 20 heavy (non-hydrogen) atoms. The normalized spacial score (nSPS) is 10.2. The Balaban J connectivity index is 2.82. The predicted octanol–water partition coefficient (Wildman–Crippen LogP) is 2.88. The SMILES string of the molecule is Cc1ccc([N+](=O)[O-])c(-c2ccc(C=O)o2)c1[N+](=O)[O-]. The number of benzene rings is 1. The summed E-state index contributed by atoms with van der Waals surface area (Å²) in [6.45, 7) is 1.47. The Labute approximate surface area is 111 Å². The summed E-state index contributed by atoms with van der Waals surface area (Å²) in [6, 6.07) is 5.04. The van der Waals surface area contributed by atoms with Gasteiger partial charge >= 0.3 is 0 Å². The van der Waals surface area contributed by atoms with Gasteiger partial charge in [-0.1, -0.05) is 0 Å². The Morgan fingerprint density at radius 2 is 1.80 bits per heavy atom. The van der Waals surface area contributed by atoms with Crippen LogP contribution in [0.4, 0.5) is 11.4 Å². The Kier molecular flexibility index (Phi) is 3.30. The summed E-state index contributed by atoms with van der Waals surface area (Å²) in [5.74, 6) is -0.153. The molecule has 0 aliphatic heterocycles. The molecular formula is C12H8N2O6. The molecule has 0 radical (unpaired) electrons. The highest BCUT2D eigenvalue weighted by molar-refractivity contribution is 5.82. The number of rotatable bonds is 4. The van der Waals surface area contributed by atoms with E-state index in [0.717, 1.165) is 0 Å². The third-order valence-electron chi connectivity index (χ3n) is 2.73. The fraction of sp³-hybridized carbons (Fsp3) is 0.0833. The molecule has 0 atom stereocenters. The number of carbonyl (C=O) groups excluding carboxylic acids is 1. The first-order valence-electron chi connectivity index (χ1n) is 5.43. The molecule has 2 rings (SSSR count). The van der Waals surface area contributed by atoms with Gasteiger partial charge in [0, 0.05) is 11.6 Å². The van der Waals surface area contributed by atoms with Crippen molar-refractivity contribution in [1.82, 2.24) is 0 Å². The van der Waals surface area contributed by atoms with E-state index >= 15 is 0 Å². The van der Waals surface area contributed by atoms with E-state index in [1.807, 2.05) is 0 Å². The van der Waals surface area contributed by atoms with Crippen molar-refractivity contribution in [3.05, 3.63) is 55.8 Å². The second-order valence-electron chi connectivity index (χ2n) is 3.96. The number of nitrogens with zero attached hydrogens (tertiary/aromatic N) is 2. The molecule has 0 N–H and O–H groups in total. The zero-order chi connectivity index (χ0) is 14.9. The largest absolute Gasteiger partial charge is 0.453 e. The number of aldehydes is 1. The van der Waals surface area contributed by atoms with Crippen LogP contribution < -0.4 is 0 Å². The second kappa shape index (κ2) is 4.92. The summed E-state index contributed by atoms with van der Waals surface area (Å²) in [4.78, 5) is 31.3. The lowest BCUT2D eigenvalue weighted by Crippen LogP contribution is -1.99. The fourth-order valence-electron chi connectivity index (χ4n) is 1.87. The van der Waals surface area contributed by atoms with Crippen LogP contribution in [-0.2, 0) is 0 Å². The van der Waals surface area contributed by atoms with Crippen LogP contribution in [0.3, 0.4) is 0 Å². The average molecular weight is 276 g/mol. The molecule has 8 heteroatoms. The Hall–Kier alpha value is -3.03. The number of carbonyl (C=O) groups is 1. The van der Waals surface area contributed by atoms with Gasteiger partial charge in [0.15, 0.2) is 17.6 Å². The maximum absolute atomic E-state index is 11.1. The molecule has 1 aromatic heterocycles. The number of nitro benzene ring substituents is 2. The maximum Gasteiger partial charge on any atom is 0.290 e. The van der Waals surface area contributed by atoms with Crippen molar-refractivity contribution in [2.45, 2.75) is 6.92 Å². The molecule has 1 heterocycles. The Morgan fingerprint density at radius 3 is 2.30 bits per heavy atom. The zero-order valence-electron chi connectivity index (χ0n) is 10.2. The van der Waals surface area contributed by atoms with Crippen molar-refractivity contribution < 1.29 is 19.1 Å². The Morgan fingerprint density at radius 1 is 1.10 bits per heavy atom. The van der Waals surface area contributed by atoms with Crippen molar-refractivity contribution in [2.24, 2.45) is 0 Å². The summed E-state index contributed by atoms with van der Waals surface area (Å²) in [6.07, 6.45) is 0.414. The number of furan rings is 1. The molecule has 0 bridgehead atoms. The lowest BCUT2D eigenvalue weighted by molar-refractivity contribution is -0.393. The van der Waals surface area contributed by atoms with Crippen molar-refractivity contribution in [2.75, 3.05) is 0 Å². The summed E-state index contributed by atoms with van der Waals surface area (Å²) < 4.78 is 5.08. The first-order valence-corrected chi connectivity index (χ1v) is 5.43. The lowest BCUT2D eigenvalue weighted by atomic mass is 10.0. The van der Waals surface area contributed by atoms with Gasteiger partial charge < -0.3 is 4.42 Å². The number of hydrogen-bond acceptors (Lipinski definition) is 6. The van der Waals surface area contributed by atoms with E-state index in [0.29, 0.717) is 6.29 Å².